The third-order valence-electron chi connectivity index (χ3n) is 4.19. The Morgan fingerprint density at radius 3 is 2.19 bits per heavy atom. The molecule has 0 aliphatic carbocycles. The Labute approximate surface area is 129 Å². The molecule has 0 aromatic carbocycles. The van der Waals surface area contributed by atoms with E-state index in [1.165, 1.54) is 0 Å². The van der Waals surface area contributed by atoms with E-state index in [4.69, 9.17) is 9.31 Å². The first kappa shape index (κ1) is 14.7. The summed E-state index contributed by atoms with van der Waals surface area (Å²) in [5.41, 5.74) is 2.06. The topological polar surface area (TPSA) is 44.2 Å². The molecule has 1 saturated heterocycles. The molecule has 1 fully saturated rings. The predicted molar refractivity (Wildman–Crippen MR) is 85.8 cm³/mol. The average molecular weight is 302 g/mol. The SMILES string of the molecule is Cc1nc(-c2ccc(B3OC(C)(C)C(C)(C)O3)cn2)cs1. The molecule has 0 spiro atoms. The van der Waals surface area contributed by atoms with Crippen LogP contribution in [0.1, 0.15) is 32.7 Å². The first-order chi connectivity index (χ1) is 9.78. The second kappa shape index (κ2) is 4.90. The molecule has 0 bridgehead atoms. The van der Waals surface area contributed by atoms with E-state index in [9.17, 15) is 0 Å². The number of pyridine rings is 1. The Balaban J connectivity index is 1.83. The summed E-state index contributed by atoms with van der Waals surface area (Å²) in [5.74, 6) is 0. The first-order valence-electron chi connectivity index (χ1n) is 7.03. The van der Waals surface area contributed by atoms with Gasteiger partial charge in [-0.15, -0.1) is 11.3 Å². The van der Waals surface area contributed by atoms with Gasteiger partial charge < -0.3 is 9.31 Å². The minimum atomic E-state index is -0.367. The van der Waals surface area contributed by atoms with Crippen LogP contribution in [-0.2, 0) is 9.31 Å². The molecule has 0 saturated carbocycles. The van der Waals surface area contributed by atoms with Gasteiger partial charge >= 0.3 is 7.12 Å². The fourth-order valence-electron chi connectivity index (χ4n) is 2.16. The van der Waals surface area contributed by atoms with Crippen molar-refractivity contribution in [1.82, 2.24) is 9.97 Å². The van der Waals surface area contributed by atoms with Crippen molar-refractivity contribution in [2.24, 2.45) is 0 Å². The van der Waals surface area contributed by atoms with E-state index in [2.05, 4.69) is 9.97 Å². The van der Waals surface area contributed by atoms with E-state index in [0.29, 0.717) is 0 Å². The van der Waals surface area contributed by atoms with Crippen LogP contribution in [0.5, 0.6) is 0 Å². The summed E-state index contributed by atoms with van der Waals surface area (Å²) in [7, 11) is -0.367. The van der Waals surface area contributed by atoms with E-state index in [1.807, 2.05) is 58.3 Å². The lowest BCUT2D eigenvalue weighted by Crippen LogP contribution is -2.41. The summed E-state index contributed by atoms with van der Waals surface area (Å²) < 4.78 is 12.0. The fourth-order valence-corrected chi connectivity index (χ4v) is 2.76. The fraction of sp³-hybridized carbons (Fsp3) is 0.467. The highest BCUT2D eigenvalue weighted by molar-refractivity contribution is 7.09. The van der Waals surface area contributed by atoms with Crippen molar-refractivity contribution in [3.8, 4) is 11.4 Å². The highest BCUT2D eigenvalue weighted by Gasteiger charge is 2.51. The van der Waals surface area contributed by atoms with Crippen LogP contribution in [0, 0.1) is 6.92 Å². The molecule has 0 N–H and O–H groups in total. The van der Waals surface area contributed by atoms with Crippen LogP contribution in [0.25, 0.3) is 11.4 Å². The lowest BCUT2D eigenvalue weighted by Gasteiger charge is -2.32. The lowest BCUT2D eigenvalue weighted by molar-refractivity contribution is 0.00578. The quantitative estimate of drug-likeness (QED) is 0.800. The van der Waals surface area contributed by atoms with Crippen LogP contribution in [0.3, 0.4) is 0 Å². The van der Waals surface area contributed by atoms with Gasteiger partial charge in [-0.2, -0.15) is 0 Å². The molecule has 2 aromatic heterocycles. The summed E-state index contributed by atoms with van der Waals surface area (Å²) in [6.45, 7) is 10.2. The van der Waals surface area contributed by atoms with Crippen LogP contribution in [0.4, 0.5) is 0 Å². The molecule has 0 radical (unpaired) electrons. The third kappa shape index (κ3) is 2.63. The first-order valence-corrected chi connectivity index (χ1v) is 7.90. The van der Waals surface area contributed by atoms with Crippen molar-refractivity contribution < 1.29 is 9.31 Å². The van der Waals surface area contributed by atoms with Crippen LogP contribution >= 0.6 is 11.3 Å². The van der Waals surface area contributed by atoms with Gasteiger partial charge in [0.05, 0.1) is 27.6 Å². The zero-order chi connectivity index (χ0) is 15.3. The van der Waals surface area contributed by atoms with Gasteiger partial charge in [-0.1, -0.05) is 6.07 Å². The molecule has 2 aromatic rings. The number of thiazole rings is 1. The number of rotatable bonds is 2. The monoisotopic (exact) mass is 302 g/mol. The molecule has 1 aliphatic heterocycles. The largest absolute Gasteiger partial charge is 0.496 e. The molecule has 21 heavy (non-hydrogen) atoms. The van der Waals surface area contributed by atoms with Crippen molar-refractivity contribution in [2.75, 3.05) is 0 Å². The van der Waals surface area contributed by atoms with Crippen LogP contribution < -0.4 is 5.46 Å². The number of hydrogen-bond donors (Lipinski definition) is 0. The van der Waals surface area contributed by atoms with Crippen LogP contribution in [-0.4, -0.2) is 28.3 Å². The van der Waals surface area contributed by atoms with Gasteiger partial charge in [0, 0.05) is 17.0 Å². The number of aromatic nitrogens is 2. The maximum atomic E-state index is 6.02. The standard InChI is InChI=1S/C15H19BN2O2S/c1-10-18-13(9-21-10)12-7-6-11(8-17-12)16-19-14(2,3)15(4,5)20-16/h6-9H,1-5H3. The van der Waals surface area contributed by atoms with Gasteiger partial charge in [0.1, 0.15) is 0 Å². The highest BCUT2D eigenvalue weighted by Crippen LogP contribution is 2.36. The second-order valence-corrected chi connectivity index (χ2v) is 7.38. The van der Waals surface area contributed by atoms with Crippen molar-refractivity contribution in [3.63, 3.8) is 0 Å². The smallest absolute Gasteiger partial charge is 0.399 e. The minimum Gasteiger partial charge on any atom is -0.399 e. The maximum Gasteiger partial charge on any atom is 0.496 e. The molecule has 4 nitrogen and oxygen atoms in total. The summed E-state index contributed by atoms with van der Waals surface area (Å²) in [5, 5.41) is 3.06. The Bertz CT molecular complexity index is 636. The Morgan fingerprint density at radius 2 is 1.71 bits per heavy atom. The third-order valence-corrected chi connectivity index (χ3v) is 4.97. The average Bonchev–Trinajstić information content (AvgIpc) is 2.92. The zero-order valence-electron chi connectivity index (χ0n) is 13.0. The van der Waals surface area contributed by atoms with E-state index in [0.717, 1.165) is 21.9 Å². The molecule has 3 rings (SSSR count). The van der Waals surface area contributed by atoms with Gasteiger partial charge in [-0.25, -0.2) is 4.98 Å². The molecular formula is C15H19BN2O2S. The van der Waals surface area contributed by atoms with E-state index in [-0.39, 0.29) is 18.3 Å². The molecule has 3 heterocycles. The van der Waals surface area contributed by atoms with Gasteiger partial charge in [0.15, 0.2) is 0 Å². The Morgan fingerprint density at radius 1 is 1.05 bits per heavy atom. The van der Waals surface area contributed by atoms with Crippen molar-refractivity contribution in [3.05, 3.63) is 28.7 Å². The van der Waals surface area contributed by atoms with Gasteiger partial charge in [-0.3, -0.25) is 4.98 Å². The number of hydrogen-bond acceptors (Lipinski definition) is 5. The normalized spacial score (nSPS) is 20.0. The molecule has 0 unspecified atom stereocenters. The number of nitrogens with zero attached hydrogens (tertiary/aromatic N) is 2. The van der Waals surface area contributed by atoms with Gasteiger partial charge in [0.2, 0.25) is 0 Å². The minimum absolute atomic E-state index is 0.331. The van der Waals surface area contributed by atoms with Gasteiger partial charge in [0.25, 0.3) is 0 Å². The maximum absolute atomic E-state index is 6.02. The van der Waals surface area contributed by atoms with E-state index >= 15 is 0 Å². The zero-order valence-corrected chi connectivity index (χ0v) is 13.8. The van der Waals surface area contributed by atoms with Crippen molar-refractivity contribution >= 4 is 23.9 Å². The Kier molecular flexibility index (Phi) is 3.43. The van der Waals surface area contributed by atoms with Crippen molar-refractivity contribution in [1.29, 1.82) is 0 Å². The molecular weight excluding hydrogens is 283 g/mol. The van der Waals surface area contributed by atoms with E-state index < -0.39 is 0 Å². The van der Waals surface area contributed by atoms with Crippen LogP contribution in [0.2, 0.25) is 0 Å². The summed E-state index contributed by atoms with van der Waals surface area (Å²) >= 11 is 1.63. The van der Waals surface area contributed by atoms with Crippen molar-refractivity contribution in [2.45, 2.75) is 45.8 Å². The molecule has 1 aliphatic rings. The molecule has 0 amide bonds. The second-order valence-electron chi connectivity index (χ2n) is 6.32. The van der Waals surface area contributed by atoms with Crippen LogP contribution in [0.15, 0.2) is 23.7 Å². The highest BCUT2D eigenvalue weighted by atomic mass is 32.1. The molecule has 110 valence electrons. The van der Waals surface area contributed by atoms with Gasteiger partial charge in [-0.05, 0) is 40.7 Å². The Hall–Kier alpha value is -1.24. The summed E-state index contributed by atoms with van der Waals surface area (Å²) in [6.07, 6.45) is 1.81. The molecule has 0 atom stereocenters. The summed E-state index contributed by atoms with van der Waals surface area (Å²) in [4.78, 5) is 8.93. The molecule has 6 heteroatoms. The number of aryl methyl sites for hydroxylation is 1. The summed E-state index contributed by atoms with van der Waals surface area (Å²) in [6, 6.07) is 3.97. The van der Waals surface area contributed by atoms with E-state index in [1.54, 1.807) is 11.3 Å². The lowest BCUT2D eigenvalue weighted by atomic mass is 9.80. The predicted octanol–water partition coefficient (Wildman–Crippen LogP) is 2.81.